The minimum absolute atomic E-state index is 0.251. The second-order valence-corrected chi connectivity index (χ2v) is 8.16. The van der Waals surface area contributed by atoms with Crippen LogP contribution >= 0.6 is 0 Å². The normalized spacial score (nSPS) is 15.7. The van der Waals surface area contributed by atoms with Gasteiger partial charge in [0.25, 0.3) is 0 Å². The van der Waals surface area contributed by atoms with Crippen LogP contribution < -0.4 is 9.64 Å². The third-order valence-corrected chi connectivity index (χ3v) is 5.69. The summed E-state index contributed by atoms with van der Waals surface area (Å²) in [6, 6.07) is 21.6. The number of carbonyl (C=O) groups is 2. The molecule has 3 aromatic rings. The van der Waals surface area contributed by atoms with E-state index in [0.29, 0.717) is 5.75 Å². The van der Waals surface area contributed by atoms with Gasteiger partial charge in [-0.15, -0.1) is 0 Å². The van der Waals surface area contributed by atoms with E-state index >= 15 is 0 Å². The average Bonchev–Trinajstić information content (AvgIpc) is 2.97. The maximum atomic E-state index is 12.5. The van der Waals surface area contributed by atoms with Gasteiger partial charge in [-0.2, -0.15) is 0 Å². The van der Waals surface area contributed by atoms with Crippen molar-refractivity contribution in [2.75, 3.05) is 25.2 Å². The molecule has 0 saturated heterocycles. The molecule has 0 amide bonds. The minimum atomic E-state index is -0.581. The van der Waals surface area contributed by atoms with E-state index in [1.807, 2.05) is 66.5 Å². The van der Waals surface area contributed by atoms with Crippen LogP contribution in [0.1, 0.15) is 19.4 Å². The molecule has 0 bridgehead atoms. The van der Waals surface area contributed by atoms with E-state index in [0.717, 1.165) is 27.7 Å². The van der Waals surface area contributed by atoms with Crippen LogP contribution in [0.4, 0.5) is 5.69 Å². The van der Waals surface area contributed by atoms with Gasteiger partial charge in [0.2, 0.25) is 0 Å². The first-order valence-electron chi connectivity index (χ1n) is 10.2. The first kappa shape index (κ1) is 20.7. The predicted molar refractivity (Wildman–Crippen MR) is 121 cm³/mol. The molecule has 0 atom stereocenters. The molecular weight excluding hydrogens is 390 g/mol. The first-order valence-corrected chi connectivity index (χ1v) is 10.2. The SMILES string of the molecule is CN1C(=CC(=O)COC(=O)COc2ccc3ccccc3c2)C(C)(C)c2ccccc21. The lowest BCUT2D eigenvalue weighted by Crippen LogP contribution is -2.25. The summed E-state index contributed by atoms with van der Waals surface area (Å²) >= 11 is 0. The Morgan fingerprint density at radius 3 is 2.42 bits per heavy atom. The summed E-state index contributed by atoms with van der Waals surface area (Å²) in [5.41, 5.74) is 2.82. The van der Waals surface area contributed by atoms with Crippen LogP contribution in [0.5, 0.6) is 5.75 Å². The van der Waals surface area contributed by atoms with Crippen molar-refractivity contribution in [3.05, 3.63) is 84.1 Å². The van der Waals surface area contributed by atoms with Crippen molar-refractivity contribution in [1.82, 2.24) is 0 Å². The smallest absolute Gasteiger partial charge is 0.344 e. The van der Waals surface area contributed by atoms with E-state index in [1.54, 1.807) is 12.1 Å². The number of nitrogens with zero attached hydrogens (tertiary/aromatic N) is 1. The Balaban J connectivity index is 1.33. The maximum Gasteiger partial charge on any atom is 0.344 e. The Labute approximate surface area is 181 Å². The molecule has 31 heavy (non-hydrogen) atoms. The zero-order chi connectivity index (χ0) is 22.0. The highest BCUT2D eigenvalue weighted by Crippen LogP contribution is 2.46. The predicted octanol–water partition coefficient (Wildman–Crippen LogP) is 4.64. The molecule has 0 unspecified atom stereocenters. The number of hydrogen-bond donors (Lipinski definition) is 0. The van der Waals surface area contributed by atoms with Gasteiger partial charge in [0.05, 0.1) is 0 Å². The van der Waals surface area contributed by atoms with Crippen LogP contribution in [0.25, 0.3) is 10.8 Å². The van der Waals surface area contributed by atoms with Gasteiger partial charge in [-0.1, -0.05) is 62.4 Å². The van der Waals surface area contributed by atoms with Gasteiger partial charge < -0.3 is 14.4 Å². The van der Waals surface area contributed by atoms with Gasteiger partial charge in [0.15, 0.2) is 19.0 Å². The van der Waals surface area contributed by atoms with Crippen LogP contribution in [-0.2, 0) is 19.7 Å². The summed E-state index contributed by atoms with van der Waals surface area (Å²) in [6.07, 6.45) is 1.57. The van der Waals surface area contributed by atoms with Crippen LogP contribution in [0.3, 0.4) is 0 Å². The molecule has 0 N–H and O–H groups in total. The lowest BCUT2D eigenvalue weighted by Gasteiger charge is -2.23. The van der Waals surface area contributed by atoms with E-state index in [9.17, 15) is 9.59 Å². The Kier molecular flexibility index (Phi) is 5.51. The van der Waals surface area contributed by atoms with Gasteiger partial charge >= 0.3 is 5.97 Å². The van der Waals surface area contributed by atoms with Crippen molar-refractivity contribution in [3.8, 4) is 5.75 Å². The number of benzene rings is 3. The minimum Gasteiger partial charge on any atom is -0.482 e. The van der Waals surface area contributed by atoms with Gasteiger partial charge in [-0.25, -0.2) is 4.79 Å². The van der Waals surface area contributed by atoms with E-state index in [-0.39, 0.29) is 24.4 Å². The maximum absolute atomic E-state index is 12.5. The second kappa shape index (κ2) is 8.26. The van der Waals surface area contributed by atoms with Crippen LogP contribution in [0.15, 0.2) is 78.5 Å². The summed E-state index contributed by atoms with van der Waals surface area (Å²) in [5, 5.41) is 2.12. The highest BCUT2D eigenvalue weighted by atomic mass is 16.6. The number of ether oxygens (including phenoxy) is 2. The van der Waals surface area contributed by atoms with E-state index in [2.05, 4.69) is 19.9 Å². The number of likely N-dealkylation sites (N-methyl/N-ethyl adjacent to an activating group) is 1. The molecule has 1 aliphatic rings. The number of carbonyl (C=O) groups excluding carboxylic acids is 2. The summed E-state index contributed by atoms with van der Waals surface area (Å²) in [6.45, 7) is 3.60. The number of ketones is 1. The number of para-hydroxylation sites is 1. The third-order valence-electron chi connectivity index (χ3n) is 5.69. The summed E-state index contributed by atoms with van der Waals surface area (Å²) in [4.78, 5) is 26.6. The van der Waals surface area contributed by atoms with Crippen molar-refractivity contribution in [3.63, 3.8) is 0 Å². The molecule has 0 aromatic heterocycles. The largest absolute Gasteiger partial charge is 0.482 e. The molecule has 5 nitrogen and oxygen atoms in total. The second-order valence-electron chi connectivity index (χ2n) is 8.16. The monoisotopic (exact) mass is 415 g/mol. The molecule has 4 rings (SSSR count). The third kappa shape index (κ3) is 4.17. The van der Waals surface area contributed by atoms with Crippen LogP contribution in [0.2, 0.25) is 0 Å². The molecule has 158 valence electrons. The summed E-state index contributed by atoms with van der Waals surface area (Å²) in [7, 11) is 1.94. The highest BCUT2D eigenvalue weighted by Gasteiger charge is 2.38. The quantitative estimate of drug-likeness (QED) is 0.434. The van der Waals surface area contributed by atoms with Crippen molar-refractivity contribution in [1.29, 1.82) is 0 Å². The molecule has 1 aliphatic heterocycles. The van der Waals surface area contributed by atoms with Crippen LogP contribution in [0, 0.1) is 0 Å². The first-order chi connectivity index (χ1) is 14.9. The van der Waals surface area contributed by atoms with Gasteiger partial charge in [-0.05, 0) is 34.5 Å². The van der Waals surface area contributed by atoms with Gasteiger partial charge in [-0.3, -0.25) is 4.79 Å². The fourth-order valence-corrected chi connectivity index (χ4v) is 4.05. The van der Waals surface area contributed by atoms with E-state index < -0.39 is 5.97 Å². The van der Waals surface area contributed by atoms with Gasteiger partial charge in [0, 0.05) is 29.9 Å². The fourth-order valence-electron chi connectivity index (χ4n) is 4.05. The molecular formula is C26H25NO4. The standard InChI is InChI=1S/C26H25NO4/c1-26(2)22-10-6-7-11-23(22)27(3)24(26)15-20(28)16-31-25(29)17-30-21-13-12-18-8-4-5-9-19(18)14-21/h4-15H,16-17H2,1-3H3. The zero-order valence-corrected chi connectivity index (χ0v) is 17.9. The van der Waals surface area contributed by atoms with Crippen LogP contribution in [-0.4, -0.2) is 32.0 Å². The van der Waals surface area contributed by atoms with Gasteiger partial charge in [0.1, 0.15) is 5.75 Å². The number of fused-ring (bicyclic) bond motifs is 2. The number of anilines is 1. The average molecular weight is 415 g/mol. The Morgan fingerprint density at radius 1 is 0.935 bits per heavy atom. The molecule has 1 heterocycles. The highest BCUT2D eigenvalue weighted by molar-refractivity contribution is 5.94. The molecule has 0 spiro atoms. The molecule has 5 heteroatoms. The molecule has 0 fully saturated rings. The topological polar surface area (TPSA) is 55.8 Å². The molecule has 0 aliphatic carbocycles. The zero-order valence-electron chi connectivity index (χ0n) is 17.9. The van der Waals surface area contributed by atoms with Crippen molar-refractivity contribution in [2.45, 2.75) is 19.3 Å². The summed E-state index contributed by atoms with van der Waals surface area (Å²) in [5.74, 6) is -0.264. The lowest BCUT2D eigenvalue weighted by atomic mass is 9.83. The Morgan fingerprint density at radius 2 is 1.65 bits per heavy atom. The van der Waals surface area contributed by atoms with Crippen molar-refractivity contribution < 1.29 is 19.1 Å². The summed E-state index contributed by atoms with van der Waals surface area (Å²) < 4.78 is 10.7. The van der Waals surface area contributed by atoms with Crippen molar-refractivity contribution >= 4 is 28.2 Å². The number of rotatable bonds is 6. The fraction of sp³-hybridized carbons (Fsp3) is 0.231. The van der Waals surface area contributed by atoms with E-state index in [1.165, 1.54) is 0 Å². The molecule has 0 radical (unpaired) electrons. The van der Waals surface area contributed by atoms with Crippen molar-refractivity contribution in [2.24, 2.45) is 0 Å². The molecule has 3 aromatic carbocycles. The number of allylic oxidation sites excluding steroid dienone is 1. The number of esters is 1. The Hall–Kier alpha value is -3.60. The van der Waals surface area contributed by atoms with E-state index in [4.69, 9.17) is 9.47 Å². The Bertz CT molecular complexity index is 1180. The molecule has 0 saturated carbocycles. The lowest BCUT2D eigenvalue weighted by molar-refractivity contribution is -0.148. The number of hydrogen-bond acceptors (Lipinski definition) is 5.